The van der Waals surface area contributed by atoms with Crippen LogP contribution in [0.15, 0.2) is 83.3 Å². The lowest BCUT2D eigenvalue weighted by molar-refractivity contribution is -0.125. The van der Waals surface area contributed by atoms with Crippen LogP contribution in [0.3, 0.4) is 0 Å². The molecule has 1 aliphatic rings. The Hall–Kier alpha value is -3.25. The lowest BCUT2D eigenvalue weighted by atomic mass is 10.1. The topological polar surface area (TPSA) is 53.0 Å². The third-order valence-corrected chi connectivity index (χ3v) is 5.87. The average Bonchev–Trinajstić information content (AvgIpc) is 3.31. The Morgan fingerprint density at radius 3 is 2.40 bits per heavy atom. The number of carbonyl (C=O) groups excluding carboxylic acids is 2. The Morgan fingerprint density at radius 1 is 0.967 bits per heavy atom. The van der Waals surface area contributed by atoms with E-state index >= 15 is 0 Å². The van der Waals surface area contributed by atoms with Crippen molar-refractivity contribution in [3.63, 3.8) is 0 Å². The third kappa shape index (κ3) is 4.83. The first-order valence-corrected chi connectivity index (χ1v) is 10.9. The number of anilines is 1. The molecule has 0 radical (unpaired) electrons. The Kier molecular flexibility index (Phi) is 6.35. The van der Waals surface area contributed by atoms with E-state index in [-0.39, 0.29) is 18.2 Å². The molecule has 2 heterocycles. The number of hydrogen-bond acceptors (Lipinski definition) is 4. The van der Waals surface area contributed by atoms with Gasteiger partial charge in [-0.3, -0.25) is 9.59 Å². The lowest BCUT2D eigenvalue weighted by Crippen LogP contribution is -2.42. The number of hydrazone groups is 1. The maximum Gasteiger partial charge on any atom is 0.270 e. The summed E-state index contributed by atoms with van der Waals surface area (Å²) in [6.45, 7) is 1.14. The summed E-state index contributed by atoms with van der Waals surface area (Å²) in [7, 11) is 0. The number of nitrogens with zero attached hydrogens (tertiary/aromatic N) is 3. The molecule has 2 amide bonds. The number of benzene rings is 2. The van der Waals surface area contributed by atoms with Crippen molar-refractivity contribution < 1.29 is 9.59 Å². The van der Waals surface area contributed by atoms with Gasteiger partial charge in [-0.05, 0) is 35.6 Å². The molecule has 0 saturated carbocycles. The highest BCUT2D eigenvalue weighted by Gasteiger charge is 2.28. The van der Waals surface area contributed by atoms with Crippen molar-refractivity contribution >= 4 is 34.6 Å². The first-order valence-electron chi connectivity index (χ1n) is 10.0. The van der Waals surface area contributed by atoms with E-state index < -0.39 is 0 Å². The smallest absolute Gasteiger partial charge is 0.270 e. The second kappa shape index (κ2) is 9.50. The zero-order valence-electron chi connectivity index (χ0n) is 16.6. The van der Waals surface area contributed by atoms with E-state index in [9.17, 15) is 9.59 Å². The molecular formula is C24H23N3O2S. The van der Waals surface area contributed by atoms with Gasteiger partial charge in [0.05, 0.1) is 12.2 Å². The monoisotopic (exact) mass is 417 g/mol. The lowest BCUT2D eigenvalue weighted by Gasteiger charge is -2.27. The van der Waals surface area contributed by atoms with Gasteiger partial charge in [-0.15, -0.1) is 11.3 Å². The van der Waals surface area contributed by atoms with Gasteiger partial charge in [0.15, 0.2) is 0 Å². The highest BCUT2D eigenvalue weighted by Crippen LogP contribution is 2.21. The molecule has 2 aromatic carbocycles. The first-order chi connectivity index (χ1) is 14.7. The molecule has 5 nitrogen and oxygen atoms in total. The summed E-state index contributed by atoms with van der Waals surface area (Å²) in [4.78, 5) is 28.8. The van der Waals surface area contributed by atoms with E-state index in [0.717, 1.165) is 11.3 Å². The fourth-order valence-electron chi connectivity index (χ4n) is 3.41. The van der Waals surface area contributed by atoms with Crippen LogP contribution in [0.4, 0.5) is 5.69 Å². The summed E-state index contributed by atoms with van der Waals surface area (Å²) in [6, 6.07) is 23.4. The predicted octanol–water partition coefficient (Wildman–Crippen LogP) is 4.50. The summed E-state index contributed by atoms with van der Waals surface area (Å²) in [5.74, 6) is -0.195. The molecule has 0 fully saturated rings. The number of hydrogen-bond donors (Lipinski definition) is 0. The molecule has 6 heteroatoms. The summed E-state index contributed by atoms with van der Waals surface area (Å²) < 4.78 is 0. The van der Waals surface area contributed by atoms with Crippen LogP contribution < -0.4 is 5.01 Å². The van der Waals surface area contributed by atoms with Gasteiger partial charge < -0.3 is 4.90 Å². The third-order valence-electron chi connectivity index (χ3n) is 5.01. The van der Waals surface area contributed by atoms with Gasteiger partial charge in [0.1, 0.15) is 5.71 Å². The molecule has 1 aliphatic heterocycles. The standard InChI is InChI=1S/C24H23N3O2S/c28-23-14-13-22(25-27(23)20-10-5-2-6-11-20)24(29)26(18-21-12-7-17-30-21)16-15-19-8-3-1-4-9-19/h1-12,17H,13-16,18H2. The van der Waals surface area contributed by atoms with Crippen molar-refractivity contribution in [1.82, 2.24) is 4.90 Å². The fourth-order valence-corrected chi connectivity index (χ4v) is 4.13. The average molecular weight is 418 g/mol. The second-order valence-corrected chi connectivity index (χ2v) is 8.16. The van der Waals surface area contributed by atoms with Crippen LogP contribution in [-0.2, 0) is 22.6 Å². The Balaban J connectivity index is 1.55. The highest BCUT2D eigenvalue weighted by molar-refractivity contribution is 7.09. The molecule has 1 aromatic heterocycles. The first kappa shape index (κ1) is 20.0. The van der Waals surface area contributed by atoms with Crippen LogP contribution in [0.1, 0.15) is 23.3 Å². The van der Waals surface area contributed by atoms with Crippen molar-refractivity contribution in [3.8, 4) is 0 Å². The summed E-state index contributed by atoms with van der Waals surface area (Å²) in [5, 5.41) is 7.83. The minimum absolute atomic E-state index is 0.0909. The minimum Gasteiger partial charge on any atom is -0.332 e. The van der Waals surface area contributed by atoms with Gasteiger partial charge in [-0.1, -0.05) is 54.6 Å². The molecule has 152 valence electrons. The molecule has 0 atom stereocenters. The maximum absolute atomic E-state index is 13.4. The Bertz CT molecular complexity index is 1020. The molecule has 0 N–H and O–H groups in total. The Labute approximate surface area is 180 Å². The molecule has 4 rings (SSSR count). The molecule has 0 unspecified atom stereocenters. The van der Waals surface area contributed by atoms with E-state index in [2.05, 4.69) is 17.2 Å². The van der Waals surface area contributed by atoms with Crippen LogP contribution in [-0.4, -0.2) is 29.0 Å². The fraction of sp³-hybridized carbons (Fsp3) is 0.208. The summed E-state index contributed by atoms with van der Waals surface area (Å²) >= 11 is 1.64. The van der Waals surface area contributed by atoms with Crippen molar-refractivity contribution in [1.29, 1.82) is 0 Å². The molecule has 0 spiro atoms. The van der Waals surface area contributed by atoms with Crippen molar-refractivity contribution in [2.45, 2.75) is 25.8 Å². The van der Waals surface area contributed by atoms with Gasteiger partial charge >= 0.3 is 0 Å². The minimum atomic E-state index is -0.104. The highest BCUT2D eigenvalue weighted by atomic mass is 32.1. The van der Waals surface area contributed by atoms with Crippen molar-refractivity contribution in [2.24, 2.45) is 5.10 Å². The molecule has 3 aromatic rings. The quantitative estimate of drug-likeness (QED) is 0.568. The Morgan fingerprint density at radius 2 is 1.70 bits per heavy atom. The molecule has 0 aliphatic carbocycles. The number of amides is 2. The van der Waals surface area contributed by atoms with Crippen LogP contribution in [0.25, 0.3) is 0 Å². The van der Waals surface area contributed by atoms with Gasteiger partial charge in [-0.25, -0.2) is 5.01 Å². The second-order valence-electron chi connectivity index (χ2n) is 7.13. The van der Waals surface area contributed by atoms with Crippen LogP contribution >= 0.6 is 11.3 Å². The van der Waals surface area contributed by atoms with Crippen molar-refractivity contribution in [2.75, 3.05) is 11.6 Å². The normalized spacial score (nSPS) is 13.8. The zero-order valence-corrected chi connectivity index (χ0v) is 17.4. The van der Waals surface area contributed by atoms with E-state index in [0.29, 0.717) is 30.9 Å². The van der Waals surface area contributed by atoms with Gasteiger partial charge in [-0.2, -0.15) is 5.10 Å². The van der Waals surface area contributed by atoms with E-state index in [1.165, 1.54) is 10.6 Å². The van der Waals surface area contributed by atoms with Gasteiger partial charge in [0.25, 0.3) is 5.91 Å². The molecule has 0 saturated heterocycles. The van der Waals surface area contributed by atoms with E-state index in [1.807, 2.05) is 70.9 Å². The summed E-state index contributed by atoms with van der Waals surface area (Å²) in [5.41, 5.74) is 2.30. The van der Waals surface area contributed by atoms with E-state index in [1.54, 1.807) is 11.3 Å². The number of thiophene rings is 1. The number of para-hydroxylation sites is 1. The molecule has 30 heavy (non-hydrogen) atoms. The largest absolute Gasteiger partial charge is 0.332 e. The van der Waals surface area contributed by atoms with Gasteiger partial charge in [0.2, 0.25) is 5.91 Å². The molecular weight excluding hydrogens is 394 g/mol. The van der Waals surface area contributed by atoms with Crippen LogP contribution in [0, 0.1) is 0 Å². The zero-order chi connectivity index (χ0) is 20.8. The van der Waals surface area contributed by atoms with Crippen molar-refractivity contribution in [3.05, 3.63) is 88.6 Å². The summed E-state index contributed by atoms with van der Waals surface area (Å²) in [6.07, 6.45) is 1.42. The van der Waals surface area contributed by atoms with Gasteiger partial charge in [0, 0.05) is 24.3 Å². The number of carbonyl (C=O) groups is 2. The van der Waals surface area contributed by atoms with Crippen LogP contribution in [0.5, 0.6) is 0 Å². The SMILES string of the molecule is O=C(C1=NN(c2ccccc2)C(=O)CC1)N(CCc1ccccc1)Cc1cccs1. The predicted molar refractivity (Wildman–Crippen MR) is 120 cm³/mol. The van der Waals surface area contributed by atoms with Crippen LogP contribution in [0.2, 0.25) is 0 Å². The van der Waals surface area contributed by atoms with E-state index in [4.69, 9.17) is 0 Å². The number of rotatable bonds is 7. The molecule has 0 bridgehead atoms. The maximum atomic E-state index is 13.4.